The summed E-state index contributed by atoms with van der Waals surface area (Å²) in [7, 11) is 0. The number of hydrogen-bond acceptors (Lipinski definition) is 2. The van der Waals surface area contributed by atoms with Crippen LogP contribution in [0, 0.1) is 0 Å². The Morgan fingerprint density at radius 3 is 3.12 bits per heavy atom. The lowest BCUT2D eigenvalue weighted by molar-refractivity contribution is -0.121. The Morgan fingerprint density at radius 2 is 2.35 bits per heavy atom. The van der Waals surface area contributed by atoms with Gasteiger partial charge in [-0.15, -0.1) is 0 Å². The topological polar surface area (TPSA) is 38.3 Å². The Bertz CT molecular complexity index is 415. The zero-order valence-electron chi connectivity index (χ0n) is 10.5. The van der Waals surface area contributed by atoms with Gasteiger partial charge in [0.25, 0.3) is 0 Å². The molecule has 0 fully saturated rings. The molecular formula is C14H19NO2. The Kier molecular flexibility index (Phi) is 3.67. The maximum Gasteiger partial charge on any atom is 0.224 e. The number of ether oxygens (including phenoxy) is 1. The van der Waals surface area contributed by atoms with E-state index < -0.39 is 0 Å². The van der Waals surface area contributed by atoms with Gasteiger partial charge in [-0.05, 0) is 30.5 Å². The third-order valence-electron chi connectivity index (χ3n) is 3.14. The smallest absolute Gasteiger partial charge is 0.224 e. The van der Waals surface area contributed by atoms with Crippen LogP contribution in [0.3, 0.4) is 0 Å². The third-order valence-corrected chi connectivity index (χ3v) is 3.14. The van der Waals surface area contributed by atoms with Gasteiger partial charge in [0.2, 0.25) is 5.91 Å². The van der Waals surface area contributed by atoms with Gasteiger partial charge >= 0.3 is 0 Å². The number of fused-ring (bicyclic) bond motifs is 1. The molecule has 2 rings (SSSR count). The van der Waals surface area contributed by atoms with E-state index in [1.807, 2.05) is 19.1 Å². The van der Waals surface area contributed by atoms with Crippen molar-refractivity contribution < 1.29 is 9.53 Å². The second kappa shape index (κ2) is 5.21. The van der Waals surface area contributed by atoms with Gasteiger partial charge in [0.05, 0.1) is 13.0 Å². The van der Waals surface area contributed by atoms with Crippen LogP contribution >= 0.6 is 0 Å². The van der Waals surface area contributed by atoms with Gasteiger partial charge in [-0.2, -0.15) is 0 Å². The second-order valence-corrected chi connectivity index (χ2v) is 4.59. The summed E-state index contributed by atoms with van der Waals surface area (Å²) in [5.41, 5.74) is 2.29. The number of rotatable bonds is 4. The van der Waals surface area contributed by atoms with E-state index >= 15 is 0 Å². The molecule has 0 aromatic heterocycles. The fourth-order valence-electron chi connectivity index (χ4n) is 1.96. The van der Waals surface area contributed by atoms with Crippen molar-refractivity contribution in [2.45, 2.75) is 39.2 Å². The minimum absolute atomic E-state index is 0.0956. The predicted octanol–water partition coefficient (Wildman–Crippen LogP) is 2.08. The number of carbonyl (C=O) groups is 1. The first kappa shape index (κ1) is 12.0. The molecule has 0 saturated heterocycles. The number of amides is 1. The first-order valence-electron chi connectivity index (χ1n) is 6.23. The molecule has 0 radical (unpaired) electrons. The molecule has 1 aliphatic heterocycles. The van der Waals surface area contributed by atoms with Gasteiger partial charge in [0, 0.05) is 12.5 Å². The predicted molar refractivity (Wildman–Crippen MR) is 67.2 cm³/mol. The summed E-state index contributed by atoms with van der Waals surface area (Å²) in [6.07, 6.45) is 2.37. The maximum atomic E-state index is 11.7. The van der Waals surface area contributed by atoms with Crippen molar-refractivity contribution in [2.24, 2.45) is 0 Å². The molecule has 1 aromatic carbocycles. The van der Waals surface area contributed by atoms with Crippen LogP contribution in [0.5, 0.6) is 5.75 Å². The Balaban J connectivity index is 1.97. The van der Waals surface area contributed by atoms with Crippen molar-refractivity contribution in [3.8, 4) is 5.75 Å². The monoisotopic (exact) mass is 233 g/mol. The first-order valence-corrected chi connectivity index (χ1v) is 6.23. The normalized spacial score (nSPS) is 14.9. The Morgan fingerprint density at radius 1 is 1.53 bits per heavy atom. The van der Waals surface area contributed by atoms with E-state index in [2.05, 4.69) is 18.3 Å². The van der Waals surface area contributed by atoms with E-state index in [-0.39, 0.29) is 11.9 Å². The number of nitrogens with one attached hydrogen (secondary N) is 1. The first-order chi connectivity index (χ1) is 8.19. The molecule has 1 amide bonds. The van der Waals surface area contributed by atoms with Crippen molar-refractivity contribution in [1.82, 2.24) is 5.32 Å². The summed E-state index contributed by atoms with van der Waals surface area (Å²) in [5.74, 6) is 1.06. The quantitative estimate of drug-likeness (QED) is 0.864. The highest BCUT2D eigenvalue weighted by Crippen LogP contribution is 2.25. The SMILES string of the molecule is CCC(C)NC(=O)Cc1ccc2c(c1)CCO2. The minimum Gasteiger partial charge on any atom is -0.493 e. The highest BCUT2D eigenvalue weighted by Gasteiger charge is 2.13. The lowest BCUT2D eigenvalue weighted by Crippen LogP contribution is -2.33. The fraction of sp³-hybridized carbons (Fsp3) is 0.500. The summed E-state index contributed by atoms with van der Waals surface area (Å²) < 4.78 is 5.44. The standard InChI is InChI=1S/C14H19NO2/c1-3-10(2)15-14(16)9-11-4-5-13-12(8-11)6-7-17-13/h4-5,8,10H,3,6-7,9H2,1-2H3,(H,15,16). The van der Waals surface area contributed by atoms with Crippen LogP contribution in [-0.2, 0) is 17.6 Å². The Labute approximate surface area is 102 Å². The molecule has 92 valence electrons. The molecule has 1 aliphatic rings. The van der Waals surface area contributed by atoms with Crippen LogP contribution in [0.1, 0.15) is 31.4 Å². The van der Waals surface area contributed by atoms with E-state index in [1.165, 1.54) is 5.56 Å². The lowest BCUT2D eigenvalue weighted by atomic mass is 10.1. The summed E-state index contributed by atoms with van der Waals surface area (Å²) in [6.45, 7) is 4.85. The van der Waals surface area contributed by atoms with Gasteiger partial charge in [0.1, 0.15) is 5.75 Å². The molecule has 3 heteroatoms. The van der Waals surface area contributed by atoms with Crippen LogP contribution in [0.4, 0.5) is 0 Å². The summed E-state index contributed by atoms with van der Waals surface area (Å²) in [5, 5.41) is 2.98. The van der Waals surface area contributed by atoms with Crippen LogP contribution in [0.2, 0.25) is 0 Å². The summed E-state index contributed by atoms with van der Waals surface area (Å²) in [4.78, 5) is 11.7. The van der Waals surface area contributed by atoms with Crippen molar-refractivity contribution in [1.29, 1.82) is 0 Å². The number of benzene rings is 1. The molecule has 1 unspecified atom stereocenters. The van der Waals surface area contributed by atoms with E-state index in [9.17, 15) is 4.79 Å². The van der Waals surface area contributed by atoms with Gasteiger partial charge in [-0.1, -0.05) is 19.1 Å². The van der Waals surface area contributed by atoms with Crippen molar-refractivity contribution in [3.05, 3.63) is 29.3 Å². The van der Waals surface area contributed by atoms with Crippen LogP contribution in [0.15, 0.2) is 18.2 Å². The van der Waals surface area contributed by atoms with Crippen molar-refractivity contribution in [3.63, 3.8) is 0 Å². The van der Waals surface area contributed by atoms with E-state index in [1.54, 1.807) is 0 Å². The van der Waals surface area contributed by atoms with Gasteiger partial charge in [0.15, 0.2) is 0 Å². The van der Waals surface area contributed by atoms with E-state index in [0.717, 1.165) is 30.8 Å². The highest BCUT2D eigenvalue weighted by molar-refractivity contribution is 5.79. The van der Waals surface area contributed by atoms with Gasteiger partial charge < -0.3 is 10.1 Å². The minimum atomic E-state index is 0.0956. The molecule has 0 bridgehead atoms. The molecule has 3 nitrogen and oxygen atoms in total. The van der Waals surface area contributed by atoms with E-state index in [0.29, 0.717) is 6.42 Å². The van der Waals surface area contributed by atoms with Gasteiger partial charge in [-0.25, -0.2) is 0 Å². The molecule has 1 N–H and O–H groups in total. The summed E-state index contributed by atoms with van der Waals surface area (Å²) in [6, 6.07) is 6.27. The zero-order valence-corrected chi connectivity index (χ0v) is 10.5. The third kappa shape index (κ3) is 2.99. The van der Waals surface area contributed by atoms with Crippen LogP contribution in [0.25, 0.3) is 0 Å². The average molecular weight is 233 g/mol. The van der Waals surface area contributed by atoms with Crippen molar-refractivity contribution in [2.75, 3.05) is 6.61 Å². The molecule has 0 saturated carbocycles. The van der Waals surface area contributed by atoms with Crippen LogP contribution in [-0.4, -0.2) is 18.6 Å². The number of carbonyl (C=O) groups excluding carboxylic acids is 1. The highest BCUT2D eigenvalue weighted by atomic mass is 16.5. The summed E-state index contributed by atoms with van der Waals surface area (Å²) >= 11 is 0. The zero-order chi connectivity index (χ0) is 12.3. The molecular weight excluding hydrogens is 214 g/mol. The van der Waals surface area contributed by atoms with Crippen molar-refractivity contribution >= 4 is 5.91 Å². The number of hydrogen-bond donors (Lipinski definition) is 1. The molecule has 0 aliphatic carbocycles. The van der Waals surface area contributed by atoms with Gasteiger partial charge in [-0.3, -0.25) is 4.79 Å². The second-order valence-electron chi connectivity index (χ2n) is 4.59. The fourth-order valence-corrected chi connectivity index (χ4v) is 1.96. The average Bonchev–Trinajstić information content (AvgIpc) is 2.75. The molecule has 1 heterocycles. The maximum absolute atomic E-state index is 11.7. The molecule has 1 atom stereocenters. The van der Waals surface area contributed by atoms with E-state index in [4.69, 9.17) is 4.74 Å². The largest absolute Gasteiger partial charge is 0.493 e. The van der Waals surface area contributed by atoms with Crippen LogP contribution < -0.4 is 10.1 Å². The molecule has 0 spiro atoms. The lowest BCUT2D eigenvalue weighted by Gasteiger charge is -2.11. The molecule has 17 heavy (non-hydrogen) atoms. The molecule has 1 aromatic rings. The Hall–Kier alpha value is -1.51.